The number of benzene rings is 4. The van der Waals surface area contributed by atoms with Gasteiger partial charge in [-0.25, -0.2) is 9.79 Å². The predicted molar refractivity (Wildman–Crippen MR) is 227 cm³/mol. The monoisotopic (exact) mass is 783 g/mol. The van der Waals surface area contributed by atoms with E-state index in [0.717, 1.165) is 60.4 Å². The third kappa shape index (κ3) is 10.5. The van der Waals surface area contributed by atoms with Crippen LogP contribution in [-0.4, -0.2) is 62.8 Å². The van der Waals surface area contributed by atoms with Gasteiger partial charge in [0.25, 0.3) is 17.7 Å². The van der Waals surface area contributed by atoms with Gasteiger partial charge in [0.15, 0.2) is 11.5 Å². The van der Waals surface area contributed by atoms with Crippen LogP contribution in [0.3, 0.4) is 0 Å². The molecule has 58 heavy (non-hydrogen) atoms. The summed E-state index contributed by atoms with van der Waals surface area (Å²) in [6.07, 6.45) is 5.22. The van der Waals surface area contributed by atoms with Crippen molar-refractivity contribution in [3.63, 3.8) is 0 Å². The fourth-order valence-corrected chi connectivity index (χ4v) is 6.40. The van der Waals surface area contributed by atoms with Gasteiger partial charge in [0.05, 0.1) is 18.8 Å². The second-order valence-electron chi connectivity index (χ2n) is 14.1. The van der Waals surface area contributed by atoms with Gasteiger partial charge in [-0.2, -0.15) is 9.97 Å². The van der Waals surface area contributed by atoms with Crippen LogP contribution in [0.25, 0.3) is 21.9 Å². The number of nitrogens with two attached hydrogens (primary N) is 1. The predicted octanol–water partition coefficient (Wildman–Crippen LogP) is 6.59. The van der Waals surface area contributed by atoms with Crippen molar-refractivity contribution in [2.24, 2.45) is 4.99 Å². The summed E-state index contributed by atoms with van der Waals surface area (Å²) < 4.78 is 7.08. The molecule has 2 heterocycles. The zero-order valence-corrected chi connectivity index (χ0v) is 33.1. The number of ether oxygens (including phenoxy) is 1. The highest BCUT2D eigenvalue weighted by molar-refractivity contribution is 6.08. The number of H-pyrrole nitrogens is 1. The second-order valence-corrected chi connectivity index (χ2v) is 14.1. The summed E-state index contributed by atoms with van der Waals surface area (Å²) in [5.41, 5.74) is 10.3. The van der Waals surface area contributed by atoms with E-state index in [-0.39, 0.29) is 41.8 Å². The van der Waals surface area contributed by atoms with Gasteiger partial charge in [-0.05, 0) is 97.5 Å². The number of rotatable bonds is 17. The first-order chi connectivity index (χ1) is 28.1. The molecule has 4 aromatic carbocycles. The molecule has 2 aromatic heterocycles. The number of hydrogen-bond acceptors (Lipinski definition) is 9. The highest BCUT2D eigenvalue weighted by Gasteiger charge is 2.16. The minimum Gasteiger partial charge on any atom is -0.463 e. The molecule has 6 N–H and O–H groups in total. The van der Waals surface area contributed by atoms with E-state index in [4.69, 9.17) is 10.5 Å². The quantitative estimate of drug-likeness (QED) is 0.0388. The molecule has 0 radical (unpaired) electrons. The Morgan fingerprint density at radius 3 is 2.16 bits per heavy atom. The normalized spacial score (nSPS) is 11.5. The van der Waals surface area contributed by atoms with Gasteiger partial charge in [-0.15, -0.1) is 0 Å². The topological polar surface area (TPSA) is 198 Å². The zero-order valence-electron chi connectivity index (χ0n) is 33.1. The van der Waals surface area contributed by atoms with Crippen molar-refractivity contribution in [2.75, 3.05) is 25.4 Å². The highest BCUT2D eigenvalue weighted by atomic mass is 16.5. The number of unbranched alkanes of at least 4 members (excludes halogenated alkanes) is 4. The maximum absolute atomic E-state index is 12.8. The molecular weight excluding hydrogens is 735 g/mol. The first-order valence-corrected chi connectivity index (χ1v) is 19.6. The SMILES string of the molecule is CCCCOc1nc(N)c2[nH]c(=O)n(Cc3ccc(C(=O)NCCCCCCNC(=O)c4ccc(N=C(C)NC(=O)c5ccc6ccccc6c5)c(C)c4)cc3)c2n1. The molecule has 300 valence electrons. The van der Waals surface area contributed by atoms with E-state index >= 15 is 0 Å². The van der Waals surface area contributed by atoms with Crippen LogP contribution >= 0.6 is 0 Å². The average Bonchev–Trinajstić information content (AvgIpc) is 3.53. The van der Waals surface area contributed by atoms with E-state index in [1.807, 2.05) is 43.3 Å². The number of carbonyl (C=O) groups is 3. The summed E-state index contributed by atoms with van der Waals surface area (Å²) in [7, 11) is 0. The molecule has 14 nitrogen and oxygen atoms in total. The number of nitrogen functional groups attached to an aromatic ring is 1. The Balaban J connectivity index is 0.882. The van der Waals surface area contributed by atoms with Crippen LogP contribution in [0.15, 0.2) is 94.7 Å². The molecule has 0 saturated heterocycles. The summed E-state index contributed by atoms with van der Waals surface area (Å²) in [6.45, 7) is 7.41. The van der Waals surface area contributed by atoms with Crippen LogP contribution in [0.1, 0.15) is 94.6 Å². The largest absolute Gasteiger partial charge is 0.463 e. The molecule has 0 aliphatic heterocycles. The lowest BCUT2D eigenvalue weighted by atomic mass is 10.1. The molecule has 0 spiro atoms. The number of anilines is 1. The molecule has 6 aromatic rings. The number of amidine groups is 1. The zero-order chi connectivity index (χ0) is 41.0. The van der Waals surface area contributed by atoms with Crippen LogP contribution in [0.4, 0.5) is 11.5 Å². The Morgan fingerprint density at radius 2 is 1.45 bits per heavy atom. The van der Waals surface area contributed by atoms with Gasteiger partial charge in [-0.3, -0.25) is 19.0 Å². The standard InChI is InChI=1S/C44H49N9O5/c1-4-5-24-58-43-51-38(45)37-39(52-43)53(44(57)50-37)27-30-14-16-32(17-15-30)40(54)46-22-10-6-7-11-23-47-41(55)34-20-21-36(28(2)25-34)48-29(3)49-42(56)35-19-18-31-12-8-9-13-33(31)26-35/h8-9,12-21,25-26H,4-7,10-11,22-24,27H2,1-3H3,(H,46,54)(H,47,55)(H,50,57)(H2,45,51,52)(H,48,49,56). The van der Waals surface area contributed by atoms with Gasteiger partial charge < -0.3 is 31.4 Å². The molecule has 14 heteroatoms. The van der Waals surface area contributed by atoms with Crippen molar-refractivity contribution in [2.45, 2.75) is 65.8 Å². The Kier molecular flexibility index (Phi) is 13.6. The highest BCUT2D eigenvalue weighted by Crippen LogP contribution is 2.22. The number of aliphatic imine (C=N–C) groups is 1. The smallest absolute Gasteiger partial charge is 0.328 e. The molecule has 0 saturated carbocycles. The van der Waals surface area contributed by atoms with Crippen molar-refractivity contribution in [3.05, 3.63) is 123 Å². The van der Waals surface area contributed by atoms with E-state index in [1.54, 1.807) is 55.5 Å². The lowest BCUT2D eigenvalue weighted by molar-refractivity contribution is 0.0943. The molecule has 0 fully saturated rings. The molecule has 0 aliphatic rings. The maximum atomic E-state index is 12.8. The van der Waals surface area contributed by atoms with E-state index in [0.29, 0.717) is 59.1 Å². The van der Waals surface area contributed by atoms with Gasteiger partial charge >= 0.3 is 11.7 Å². The second kappa shape index (κ2) is 19.4. The summed E-state index contributed by atoms with van der Waals surface area (Å²) in [5, 5.41) is 10.8. The van der Waals surface area contributed by atoms with Crippen molar-refractivity contribution >= 4 is 57.0 Å². The van der Waals surface area contributed by atoms with Crippen LogP contribution < -0.4 is 32.1 Å². The van der Waals surface area contributed by atoms with Crippen LogP contribution in [0.5, 0.6) is 6.01 Å². The van der Waals surface area contributed by atoms with Crippen LogP contribution in [-0.2, 0) is 6.54 Å². The van der Waals surface area contributed by atoms with Crippen LogP contribution in [0.2, 0.25) is 0 Å². The number of aryl methyl sites for hydroxylation is 1. The van der Waals surface area contributed by atoms with E-state index in [1.165, 1.54) is 4.57 Å². The number of hydrogen-bond donors (Lipinski definition) is 5. The molecule has 3 amide bonds. The first kappa shape index (κ1) is 40.8. The number of nitrogens with zero attached hydrogens (tertiary/aromatic N) is 4. The Morgan fingerprint density at radius 1 is 0.793 bits per heavy atom. The van der Waals surface area contributed by atoms with Gasteiger partial charge in [0.1, 0.15) is 11.4 Å². The summed E-state index contributed by atoms with van der Waals surface area (Å²) in [4.78, 5) is 67.0. The minimum atomic E-state index is -0.369. The molecule has 0 unspecified atom stereocenters. The van der Waals surface area contributed by atoms with Gasteiger partial charge in [0.2, 0.25) is 0 Å². The number of amides is 3. The van der Waals surface area contributed by atoms with Crippen molar-refractivity contribution in [3.8, 4) is 6.01 Å². The first-order valence-electron chi connectivity index (χ1n) is 19.6. The molecule has 0 aliphatic carbocycles. The number of imidazole rings is 1. The Hall–Kier alpha value is -6.83. The fraction of sp³-hybridized carbons (Fsp3) is 0.295. The summed E-state index contributed by atoms with van der Waals surface area (Å²) >= 11 is 0. The van der Waals surface area contributed by atoms with Crippen molar-refractivity contribution in [1.29, 1.82) is 0 Å². The molecule has 0 bridgehead atoms. The number of aromatic amines is 1. The lowest BCUT2D eigenvalue weighted by Gasteiger charge is -2.09. The number of fused-ring (bicyclic) bond motifs is 2. The average molecular weight is 784 g/mol. The molecule has 6 rings (SSSR count). The van der Waals surface area contributed by atoms with Gasteiger partial charge in [0, 0.05) is 29.8 Å². The van der Waals surface area contributed by atoms with E-state index in [2.05, 4.69) is 42.8 Å². The summed E-state index contributed by atoms with van der Waals surface area (Å²) in [5.74, 6) is 0.0211. The third-order valence-corrected chi connectivity index (χ3v) is 9.64. The van der Waals surface area contributed by atoms with Crippen molar-refractivity contribution in [1.82, 2.24) is 35.5 Å². The Bertz CT molecular complexity index is 2510. The number of aromatic nitrogens is 4. The fourth-order valence-electron chi connectivity index (χ4n) is 6.40. The van der Waals surface area contributed by atoms with E-state index < -0.39 is 0 Å². The summed E-state index contributed by atoms with van der Waals surface area (Å²) in [6, 6.07) is 25.9. The van der Waals surface area contributed by atoms with Crippen molar-refractivity contribution < 1.29 is 19.1 Å². The lowest BCUT2D eigenvalue weighted by Crippen LogP contribution is -2.28. The Labute approximate surface area is 336 Å². The minimum absolute atomic E-state index is 0.124. The maximum Gasteiger partial charge on any atom is 0.328 e. The number of nitrogens with one attached hydrogen (secondary N) is 4. The molecule has 0 atom stereocenters. The number of carbonyl (C=O) groups excluding carboxylic acids is 3. The third-order valence-electron chi connectivity index (χ3n) is 9.64. The van der Waals surface area contributed by atoms with E-state index in [9.17, 15) is 19.2 Å². The molecular formula is C44H49N9O5. The van der Waals surface area contributed by atoms with Gasteiger partial charge in [-0.1, -0.05) is 68.7 Å². The van der Waals surface area contributed by atoms with Crippen LogP contribution in [0, 0.1) is 6.92 Å².